The highest BCUT2D eigenvalue weighted by Crippen LogP contribution is 2.38. The normalized spacial score (nSPS) is 20.2. The van der Waals surface area contributed by atoms with Crippen molar-refractivity contribution in [3.8, 4) is 0 Å². The lowest BCUT2D eigenvalue weighted by Gasteiger charge is -2.18. The zero-order valence-electron chi connectivity index (χ0n) is 13.2. The molecule has 2 aromatic rings. The second kappa shape index (κ2) is 7.13. The van der Waals surface area contributed by atoms with E-state index >= 15 is 0 Å². The largest absolute Gasteiger partial charge is 0.455 e. The van der Waals surface area contributed by atoms with Crippen molar-refractivity contribution in [3.05, 3.63) is 58.0 Å². The molecular weight excluding hydrogens is 329 g/mol. The maximum atomic E-state index is 13.1. The van der Waals surface area contributed by atoms with Crippen LogP contribution >= 0.6 is 11.3 Å². The molecule has 1 aromatic heterocycles. The van der Waals surface area contributed by atoms with Crippen molar-refractivity contribution in [2.24, 2.45) is 11.8 Å². The second-order valence-electron chi connectivity index (χ2n) is 5.99. The molecule has 4 nitrogen and oxygen atoms in total. The van der Waals surface area contributed by atoms with E-state index < -0.39 is 6.04 Å². The van der Waals surface area contributed by atoms with Gasteiger partial charge in [-0.25, -0.2) is 4.39 Å². The molecule has 1 heterocycles. The molecule has 6 heteroatoms. The Hall–Kier alpha value is -2.21. The molecule has 3 atom stereocenters. The van der Waals surface area contributed by atoms with Gasteiger partial charge in [-0.15, -0.1) is 11.3 Å². The molecule has 0 aliphatic heterocycles. The molecule has 0 spiro atoms. The number of thiophene rings is 1. The van der Waals surface area contributed by atoms with Gasteiger partial charge in [0.05, 0.1) is 12.0 Å². The van der Waals surface area contributed by atoms with Crippen LogP contribution in [0.4, 0.5) is 4.39 Å². The van der Waals surface area contributed by atoms with Gasteiger partial charge >= 0.3 is 5.97 Å². The molecule has 1 aliphatic rings. The molecule has 1 fully saturated rings. The average Bonchev–Trinajstić information content (AvgIpc) is 3.08. The summed E-state index contributed by atoms with van der Waals surface area (Å²) in [5.41, 5.74) is 0.773. The van der Waals surface area contributed by atoms with Crippen LogP contribution in [-0.2, 0) is 14.3 Å². The van der Waals surface area contributed by atoms with E-state index in [1.54, 1.807) is 12.1 Å². The highest BCUT2D eigenvalue weighted by atomic mass is 32.1. The summed E-state index contributed by atoms with van der Waals surface area (Å²) in [4.78, 5) is 24.8. The molecule has 1 N–H and O–H groups in total. The molecule has 1 amide bonds. The summed E-state index contributed by atoms with van der Waals surface area (Å²) in [6, 6.07) is 9.38. The zero-order chi connectivity index (χ0) is 17.1. The van der Waals surface area contributed by atoms with Crippen molar-refractivity contribution >= 4 is 23.2 Å². The molecule has 0 radical (unpaired) electrons. The zero-order valence-corrected chi connectivity index (χ0v) is 14.0. The number of hydrogen-bond acceptors (Lipinski definition) is 4. The third kappa shape index (κ3) is 4.00. The van der Waals surface area contributed by atoms with Crippen molar-refractivity contribution in [2.75, 3.05) is 6.61 Å². The Morgan fingerprint density at radius 1 is 1.33 bits per heavy atom. The average molecular weight is 347 g/mol. The highest BCUT2D eigenvalue weighted by Gasteiger charge is 2.40. The third-order valence-corrected chi connectivity index (χ3v) is 5.03. The predicted molar refractivity (Wildman–Crippen MR) is 88.9 cm³/mol. The molecule has 0 saturated heterocycles. The standard InChI is InChI=1S/C18H18FNO3S/c1-11-9-14(11)18(22)23-10-16(21)20-17(15-3-2-8-24-15)12-4-6-13(19)7-5-12/h2-8,11,14,17H,9-10H2,1H3,(H,20,21)/t11-,14-,17-/m0/s1. The lowest BCUT2D eigenvalue weighted by molar-refractivity contribution is -0.150. The van der Waals surface area contributed by atoms with Crippen molar-refractivity contribution < 1.29 is 18.7 Å². The Labute approximate surface area is 143 Å². The summed E-state index contributed by atoms with van der Waals surface area (Å²) >= 11 is 1.50. The summed E-state index contributed by atoms with van der Waals surface area (Å²) in [6.07, 6.45) is 0.827. The molecule has 0 unspecified atom stereocenters. The van der Waals surface area contributed by atoms with E-state index in [4.69, 9.17) is 4.74 Å². The number of nitrogens with one attached hydrogen (secondary N) is 1. The van der Waals surface area contributed by atoms with Crippen molar-refractivity contribution in [1.29, 1.82) is 0 Å². The molecule has 3 rings (SSSR count). The number of halogens is 1. The van der Waals surface area contributed by atoms with Crippen molar-refractivity contribution in [1.82, 2.24) is 5.32 Å². The Morgan fingerprint density at radius 2 is 2.04 bits per heavy atom. The number of benzene rings is 1. The van der Waals surface area contributed by atoms with Gasteiger partial charge in [0, 0.05) is 4.88 Å². The lowest BCUT2D eigenvalue weighted by atomic mass is 10.1. The number of amides is 1. The summed E-state index contributed by atoms with van der Waals surface area (Å²) < 4.78 is 18.2. The Balaban J connectivity index is 1.64. The SMILES string of the molecule is C[C@H]1C[C@@H]1C(=O)OCC(=O)N[C@@H](c1ccc(F)cc1)c1cccs1. The second-order valence-corrected chi connectivity index (χ2v) is 6.97. The number of carbonyl (C=O) groups excluding carboxylic acids is 2. The molecule has 1 aliphatic carbocycles. The van der Waals surface area contributed by atoms with E-state index in [0.29, 0.717) is 5.92 Å². The van der Waals surface area contributed by atoms with E-state index in [2.05, 4.69) is 5.32 Å². The lowest BCUT2D eigenvalue weighted by Crippen LogP contribution is -2.33. The van der Waals surface area contributed by atoms with Gasteiger partial charge in [-0.3, -0.25) is 9.59 Å². The Morgan fingerprint density at radius 3 is 2.62 bits per heavy atom. The summed E-state index contributed by atoms with van der Waals surface area (Å²) in [5, 5.41) is 4.76. The van der Waals surface area contributed by atoms with Gasteiger partial charge in [-0.05, 0) is 41.5 Å². The fraction of sp³-hybridized carbons (Fsp3) is 0.333. The minimum Gasteiger partial charge on any atom is -0.455 e. The quantitative estimate of drug-likeness (QED) is 0.816. The minimum absolute atomic E-state index is 0.0667. The van der Waals surface area contributed by atoms with Crippen molar-refractivity contribution in [3.63, 3.8) is 0 Å². The molecule has 1 aromatic carbocycles. The van der Waals surface area contributed by atoms with E-state index in [1.807, 2.05) is 24.4 Å². The first-order chi connectivity index (χ1) is 11.5. The van der Waals surface area contributed by atoms with E-state index in [0.717, 1.165) is 16.9 Å². The smallest absolute Gasteiger partial charge is 0.309 e. The molecule has 126 valence electrons. The van der Waals surface area contributed by atoms with E-state index in [9.17, 15) is 14.0 Å². The number of carbonyl (C=O) groups is 2. The van der Waals surface area contributed by atoms with Gasteiger partial charge in [0.1, 0.15) is 5.82 Å². The summed E-state index contributed by atoms with van der Waals surface area (Å²) in [6.45, 7) is 1.68. The topological polar surface area (TPSA) is 55.4 Å². The van der Waals surface area contributed by atoms with Crippen LogP contribution in [0.25, 0.3) is 0 Å². The first-order valence-corrected chi connectivity index (χ1v) is 8.67. The maximum Gasteiger partial charge on any atom is 0.309 e. The Kier molecular flexibility index (Phi) is 4.94. The van der Waals surface area contributed by atoms with Crippen LogP contribution in [0.5, 0.6) is 0 Å². The van der Waals surface area contributed by atoms with Gasteiger partial charge in [-0.1, -0.05) is 25.1 Å². The van der Waals surface area contributed by atoms with Gasteiger partial charge < -0.3 is 10.1 Å². The molecule has 0 bridgehead atoms. The van der Waals surface area contributed by atoms with E-state index in [1.165, 1.54) is 23.5 Å². The monoisotopic (exact) mass is 347 g/mol. The minimum atomic E-state index is -0.392. The molecule has 24 heavy (non-hydrogen) atoms. The van der Waals surface area contributed by atoms with Gasteiger partial charge in [-0.2, -0.15) is 0 Å². The summed E-state index contributed by atoms with van der Waals surface area (Å²) in [7, 11) is 0. The maximum absolute atomic E-state index is 13.1. The number of rotatable bonds is 6. The predicted octanol–water partition coefficient (Wildman–Crippen LogP) is 3.29. The summed E-state index contributed by atoms with van der Waals surface area (Å²) in [5.74, 6) is -0.740. The number of esters is 1. The third-order valence-electron chi connectivity index (χ3n) is 4.09. The number of hydrogen-bond donors (Lipinski definition) is 1. The molecule has 1 saturated carbocycles. The van der Waals surface area contributed by atoms with E-state index in [-0.39, 0.29) is 30.2 Å². The van der Waals surface area contributed by atoms with Crippen molar-refractivity contribution in [2.45, 2.75) is 19.4 Å². The first-order valence-electron chi connectivity index (χ1n) is 7.79. The fourth-order valence-corrected chi connectivity index (χ4v) is 3.33. The van der Waals surface area contributed by atoms with Gasteiger partial charge in [0.25, 0.3) is 5.91 Å². The van der Waals surface area contributed by atoms with Gasteiger partial charge in [0.15, 0.2) is 6.61 Å². The van der Waals surface area contributed by atoms with Gasteiger partial charge in [0.2, 0.25) is 0 Å². The van der Waals surface area contributed by atoms with Crippen LogP contribution in [-0.4, -0.2) is 18.5 Å². The number of ether oxygens (including phenoxy) is 1. The Bertz CT molecular complexity index is 714. The van der Waals surface area contributed by atoms with Crippen LogP contribution in [0.1, 0.15) is 29.8 Å². The van der Waals surface area contributed by atoms with Crippen LogP contribution in [0, 0.1) is 17.7 Å². The van der Waals surface area contributed by atoms with Crippen LogP contribution < -0.4 is 5.32 Å². The van der Waals surface area contributed by atoms with Crippen LogP contribution in [0.2, 0.25) is 0 Å². The first kappa shape index (κ1) is 16.6. The fourth-order valence-electron chi connectivity index (χ4n) is 2.53. The van der Waals surface area contributed by atoms with Crippen LogP contribution in [0.3, 0.4) is 0 Å². The molecular formula is C18H18FNO3S. The van der Waals surface area contributed by atoms with Crippen LogP contribution in [0.15, 0.2) is 41.8 Å². The highest BCUT2D eigenvalue weighted by molar-refractivity contribution is 7.10.